The second kappa shape index (κ2) is 10.2. The number of hydrogen-bond acceptors (Lipinski definition) is 10. The molecule has 33 heavy (non-hydrogen) atoms. The second-order valence-corrected chi connectivity index (χ2v) is 8.59. The topological polar surface area (TPSA) is 114 Å². The Hall–Kier alpha value is -3.08. The van der Waals surface area contributed by atoms with Gasteiger partial charge in [0.15, 0.2) is 23.7 Å². The number of esters is 3. The zero-order valence-electron chi connectivity index (χ0n) is 18.7. The summed E-state index contributed by atoms with van der Waals surface area (Å²) in [5, 5.41) is 3.93. The fourth-order valence-corrected chi connectivity index (χ4v) is 4.81. The molecule has 3 rings (SSSR count). The second-order valence-electron chi connectivity index (χ2n) is 7.46. The van der Waals surface area contributed by atoms with Crippen molar-refractivity contribution in [1.82, 2.24) is 5.16 Å². The molecule has 1 aliphatic rings. The predicted octanol–water partition coefficient (Wildman–Crippen LogP) is 3.34. The highest BCUT2D eigenvalue weighted by atomic mass is 32.2. The zero-order chi connectivity index (χ0) is 24.3. The minimum Gasteiger partial charge on any atom is -0.475 e. The number of halogens is 1. The van der Waals surface area contributed by atoms with Gasteiger partial charge in [0.2, 0.25) is 0 Å². The lowest BCUT2D eigenvalue weighted by atomic mass is 10.0. The SMILES string of the molecule is CC(=O)O[C@@H]1[C@@H](OC(C)=O)[C@H](OC(C)=O)CS[C@H]1Oc1cc(F)ccc1-c1c(C)noc1C. The van der Waals surface area contributed by atoms with Crippen LogP contribution in [0.4, 0.5) is 4.39 Å². The third-order valence-corrected chi connectivity index (χ3v) is 6.01. The highest BCUT2D eigenvalue weighted by molar-refractivity contribution is 7.99. The third kappa shape index (κ3) is 5.84. The largest absolute Gasteiger partial charge is 0.475 e. The maximum Gasteiger partial charge on any atom is 0.303 e. The quantitative estimate of drug-likeness (QED) is 0.449. The van der Waals surface area contributed by atoms with Gasteiger partial charge in [0, 0.05) is 38.2 Å². The number of benzene rings is 1. The Labute approximate surface area is 193 Å². The molecule has 1 fully saturated rings. The van der Waals surface area contributed by atoms with Crippen LogP contribution in [-0.4, -0.2) is 52.6 Å². The number of rotatable bonds is 6. The van der Waals surface area contributed by atoms with Crippen LogP contribution in [0.15, 0.2) is 22.7 Å². The lowest BCUT2D eigenvalue weighted by molar-refractivity contribution is -0.186. The molecule has 0 spiro atoms. The molecular weight excluding hydrogens is 457 g/mol. The van der Waals surface area contributed by atoms with E-state index in [0.29, 0.717) is 22.6 Å². The van der Waals surface area contributed by atoms with Crippen molar-refractivity contribution in [2.45, 2.75) is 58.4 Å². The van der Waals surface area contributed by atoms with E-state index in [9.17, 15) is 18.8 Å². The standard InChI is InChI=1S/C22H24FNO8S/c1-10-19(11(2)32-24-10)16-7-6-15(23)8-17(16)31-22-21(30-14(5)27)20(29-13(4)26)18(9-33-22)28-12(3)25/h6-8,18,20-22H,9H2,1-5H3/t18-,20+,21-,22-/m1/s1. The summed E-state index contributed by atoms with van der Waals surface area (Å²) in [5.41, 5.74) is 0.862. The summed E-state index contributed by atoms with van der Waals surface area (Å²) in [7, 11) is 0. The molecule has 4 atom stereocenters. The van der Waals surface area contributed by atoms with Gasteiger partial charge in [-0.3, -0.25) is 14.4 Å². The van der Waals surface area contributed by atoms with E-state index in [1.54, 1.807) is 13.8 Å². The van der Waals surface area contributed by atoms with Crippen LogP contribution < -0.4 is 4.74 Å². The number of aryl methyl sites for hydroxylation is 2. The highest BCUT2D eigenvalue weighted by Crippen LogP contribution is 2.39. The number of carbonyl (C=O) groups excluding carboxylic acids is 3. The van der Waals surface area contributed by atoms with Crippen molar-refractivity contribution in [2.75, 3.05) is 5.75 Å². The molecule has 0 saturated carbocycles. The molecule has 0 N–H and O–H groups in total. The molecule has 0 aliphatic carbocycles. The highest BCUT2D eigenvalue weighted by Gasteiger charge is 2.48. The van der Waals surface area contributed by atoms with Crippen molar-refractivity contribution in [1.29, 1.82) is 0 Å². The lowest BCUT2D eigenvalue weighted by Crippen LogP contribution is -2.55. The van der Waals surface area contributed by atoms with Gasteiger partial charge in [-0.1, -0.05) is 5.16 Å². The fraction of sp³-hybridized carbons (Fsp3) is 0.455. The van der Waals surface area contributed by atoms with Gasteiger partial charge in [0.05, 0.1) is 11.3 Å². The fourth-order valence-electron chi connectivity index (χ4n) is 3.60. The van der Waals surface area contributed by atoms with Crippen molar-refractivity contribution in [3.05, 3.63) is 35.5 Å². The van der Waals surface area contributed by atoms with Gasteiger partial charge in [-0.05, 0) is 26.0 Å². The monoisotopic (exact) mass is 481 g/mol. The van der Waals surface area contributed by atoms with E-state index in [1.165, 1.54) is 50.7 Å². The Kier molecular flexibility index (Phi) is 7.62. The summed E-state index contributed by atoms with van der Waals surface area (Å²) in [6.07, 6.45) is -3.11. The smallest absolute Gasteiger partial charge is 0.303 e. The molecule has 0 bridgehead atoms. The van der Waals surface area contributed by atoms with E-state index in [1.807, 2.05) is 0 Å². The first-order valence-corrected chi connectivity index (χ1v) is 11.1. The van der Waals surface area contributed by atoms with Crippen LogP contribution in [0.25, 0.3) is 11.1 Å². The number of thioether (sulfide) groups is 1. The van der Waals surface area contributed by atoms with Crippen LogP contribution in [0.5, 0.6) is 5.75 Å². The molecule has 1 aliphatic heterocycles. The molecule has 0 amide bonds. The maximum absolute atomic E-state index is 14.2. The molecule has 0 radical (unpaired) electrons. The predicted molar refractivity (Wildman–Crippen MR) is 115 cm³/mol. The van der Waals surface area contributed by atoms with Crippen molar-refractivity contribution in [3.8, 4) is 16.9 Å². The first-order valence-electron chi connectivity index (χ1n) is 10.1. The summed E-state index contributed by atoms with van der Waals surface area (Å²) in [5.74, 6) is -1.56. The van der Waals surface area contributed by atoms with Crippen LogP contribution in [-0.2, 0) is 28.6 Å². The Bertz CT molecular complexity index is 1040. The van der Waals surface area contributed by atoms with Gasteiger partial charge in [-0.2, -0.15) is 0 Å². The number of hydrogen-bond donors (Lipinski definition) is 0. The van der Waals surface area contributed by atoms with E-state index in [2.05, 4.69) is 5.16 Å². The van der Waals surface area contributed by atoms with Crippen molar-refractivity contribution in [3.63, 3.8) is 0 Å². The van der Waals surface area contributed by atoms with E-state index in [4.69, 9.17) is 23.5 Å². The van der Waals surface area contributed by atoms with Crippen molar-refractivity contribution >= 4 is 29.7 Å². The Morgan fingerprint density at radius 3 is 2.24 bits per heavy atom. The summed E-state index contributed by atoms with van der Waals surface area (Å²) in [6, 6.07) is 4.02. The Morgan fingerprint density at radius 1 is 1.03 bits per heavy atom. The van der Waals surface area contributed by atoms with Gasteiger partial charge in [-0.25, -0.2) is 4.39 Å². The molecule has 9 nitrogen and oxygen atoms in total. The van der Waals surface area contributed by atoms with Crippen LogP contribution in [0.3, 0.4) is 0 Å². The first-order chi connectivity index (χ1) is 15.6. The average molecular weight is 481 g/mol. The molecule has 0 unspecified atom stereocenters. The molecule has 1 aromatic heterocycles. The minimum atomic E-state index is -1.13. The zero-order valence-corrected chi connectivity index (χ0v) is 19.6. The average Bonchev–Trinajstić information content (AvgIpc) is 3.04. The molecule has 1 saturated heterocycles. The van der Waals surface area contributed by atoms with Crippen molar-refractivity contribution < 1.29 is 42.2 Å². The summed E-state index contributed by atoms with van der Waals surface area (Å²) < 4.78 is 41.6. The molecule has 11 heteroatoms. The van der Waals surface area contributed by atoms with Gasteiger partial charge in [0.1, 0.15) is 17.3 Å². The van der Waals surface area contributed by atoms with Gasteiger partial charge < -0.3 is 23.5 Å². The Balaban J connectivity index is 2.00. The summed E-state index contributed by atoms with van der Waals surface area (Å²) >= 11 is 1.18. The van der Waals surface area contributed by atoms with Gasteiger partial charge in [0.25, 0.3) is 0 Å². The van der Waals surface area contributed by atoms with Crippen LogP contribution in [0.1, 0.15) is 32.2 Å². The normalized spacial score (nSPS) is 22.4. The van der Waals surface area contributed by atoms with Crippen LogP contribution in [0, 0.1) is 19.7 Å². The number of carbonyl (C=O) groups is 3. The number of ether oxygens (including phenoxy) is 4. The Morgan fingerprint density at radius 2 is 1.67 bits per heavy atom. The van der Waals surface area contributed by atoms with E-state index < -0.39 is 47.5 Å². The van der Waals surface area contributed by atoms with E-state index in [-0.39, 0.29) is 11.5 Å². The van der Waals surface area contributed by atoms with Crippen LogP contribution >= 0.6 is 11.8 Å². The number of nitrogens with zero attached hydrogens (tertiary/aromatic N) is 1. The van der Waals surface area contributed by atoms with Gasteiger partial charge >= 0.3 is 17.9 Å². The van der Waals surface area contributed by atoms with Crippen LogP contribution in [0.2, 0.25) is 0 Å². The molecule has 178 valence electrons. The maximum atomic E-state index is 14.2. The molecule has 2 heterocycles. The molecule has 2 aromatic rings. The summed E-state index contributed by atoms with van der Waals surface area (Å²) in [6.45, 7) is 7.08. The van der Waals surface area contributed by atoms with E-state index in [0.717, 1.165) is 0 Å². The lowest BCUT2D eigenvalue weighted by Gasteiger charge is -2.40. The third-order valence-electron chi connectivity index (χ3n) is 4.79. The number of aromatic nitrogens is 1. The van der Waals surface area contributed by atoms with E-state index >= 15 is 0 Å². The first kappa shape index (κ1) is 24.6. The summed E-state index contributed by atoms with van der Waals surface area (Å²) in [4.78, 5) is 35.2. The van der Waals surface area contributed by atoms with Gasteiger partial charge in [-0.15, -0.1) is 11.8 Å². The van der Waals surface area contributed by atoms with Crippen molar-refractivity contribution in [2.24, 2.45) is 0 Å². The minimum absolute atomic E-state index is 0.159. The molecule has 1 aromatic carbocycles. The molecular formula is C22H24FNO8S.